The summed E-state index contributed by atoms with van der Waals surface area (Å²) in [7, 11) is -8.32. The van der Waals surface area contributed by atoms with Gasteiger partial charge in [-0.05, 0) is 55.5 Å². The summed E-state index contributed by atoms with van der Waals surface area (Å²) in [5, 5.41) is 0. The average molecular weight is 438 g/mol. The van der Waals surface area contributed by atoms with Gasteiger partial charge in [0.1, 0.15) is 12.3 Å². The topological polar surface area (TPSA) is 102 Å². The number of rotatable bonds is 8. The molecule has 0 atom stereocenters. The number of hydrogen-bond donors (Lipinski definition) is 2. The summed E-state index contributed by atoms with van der Waals surface area (Å²) in [4.78, 5) is -0.472. The van der Waals surface area contributed by atoms with E-state index < -0.39 is 37.7 Å². The molecular formula is C16H17F3N2O5S2. The van der Waals surface area contributed by atoms with E-state index in [1.165, 1.54) is 29.0 Å². The average Bonchev–Trinajstić information content (AvgIpc) is 2.60. The molecule has 2 rings (SSSR count). The first-order valence-corrected chi connectivity index (χ1v) is 10.8. The molecule has 7 nitrogen and oxygen atoms in total. The molecule has 2 aromatic rings. The van der Waals surface area contributed by atoms with Crippen molar-refractivity contribution in [2.45, 2.75) is 22.9 Å². The van der Waals surface area contributed by atoms with Crippen LogP contribution in [-0.4, -0.2) is 36.2 Å². The molecule has 0 unspecified atom stereocenters. The SMILES string of the molecule is CCOc1ccc(S(=O)(=O)Nc2ccc(S(=O)(=O)NCC(F)(F)F)cc2)cc1. The quantitative estimate of drug-likeness (QED) is 0.660. The monoisotopic (exact) mass is 438 g/mol. The fourth-order valence-electron chi connectivity index (χ4n) is 2.06. The van der Waals surface area contributed by atoms with E-state index in [9.17, 15) is 30.0 Å². The molecule has 28 heavy (non-hydrogen) atoms. The molecule has 0 fully saturated rings. The van der Waals surface area contributed by atoms with Gasteiger partial charge in [-0.1, -0.05) is 0 Å². The molecule has 12 heteroatoms. The van der Waals surface area contributed by atoms with Gasteiger partial charge in [-0.15, -0.1) is 0 Å². The van der Waals surface area contributed by atoms with Crippen molar-refractivity contribution in [1.82, 2.24) is 4.72 Å². The Morgan fingerprint density at radius 2 is 1.36 bits per heavy atom. The Hall–Kier alpha value is -2.31. The van der Waals surface area contributed by atoms with Crippen molar-refractivity contribution in [2.24, 2.45) is 0 Å². The van der Waals surface area contributed by atoms with E-state index in [1.807, 2.05) is 0 Å². The zero-order valence-electron chi connectivity index (χ0n) is 14.5. The number of nitrogens with one attached hydrogen (secondary N) is 2. The summed E-state index contributed by atoms with van der Waals surface area (Å²) < 4.78 is 93.8. The van der Waals surface area contributed by atoms with E-state index in [2.05, 4.69) is 4.72 Å². The van der Waals surface area contributed by atoms with E-state index in [0.29, 0.717) is 12.4 Å². The molecule has 0 aromatic heterocycles. The molecule has 0 heterocycles. The van der Waals surface area contributed by atoms with Gasteiger partial charge in [0.25, 0.3) is 10.0 Å². The number of halogens is 3. The molecule has 0 aliphatic carbocycles. The molecule has 2 aromatic carbocycles. The molecule has 0 aliphatic rings. The van der Waals surface area contributed by atoms with Crippen LogP contribution in [0.4, 0.5) is 18.9 Å². The second-order valence-corrected chi connectivity index (χ2v) is 8.92. The van der Waals surface area contributed by atoms with Gasteiger partial charge in [-0.25, -0.2) is 21.6 Å². The Labute approximate surface area is 160 Å². The van der Waals surface area contributed by atoms with Crippen molar-refractivity contribution in [2.75, 3.05) is 17.9 Å². The van der Waals surface area contributed by atoms with Gasteiger partial charge in [0.05, 0.1) is 16.4 Å². The number of sulfonamides is 2. The third-order valence-corrected chi connectivity index (χ3v) is 6.14. The van der Waals surface area contributed by atoms with Crippen molar-refractivity contribution in [1.29, 1.82) is 0 Å². The second-order valence-electron chi connectivity index (χ2n) is 5.47. The zero-order chi connectivity index (χ0) is 21.0. The van der Waals surface area contributed by atoms with Gasteiger partial charge >= 0.3 is 6.18 Å². The zero-order valence-corrected chi connectivity index (χ0v) is 16.2. The molecule has 0 saturated heterocycles. The van der Waals surface area contributed by atoms with Crippen molar-refractivity contribution in [3.8, 4) is 5.75 Å². The van der Waals surface area contributed by atoms with Crippen molar-refractivity contribution in [3.63, 3.8) is 0 Å². The molecule has 2 N–H and O–H groups in total. The molecule has 0 radical (unpaired) electrons. The summed E-state index contributed by atoms with van der Waals surface area (Å²) in [6.07, 6.45) is -4.69. The minimum absolute atomic E-state index is 0.0421. The first-order chi connectivity index (χ1) is 12.9. The number of hydrogen-bond acceptors (Lipinski definition) is 5. The van der Waals surface area contributed by atoms with E-state index in [1.54, 1.807) is 6.92 Å². The Bertz CT molecular complexity index is 1000. The lowest BCUT2D eigenvalue weighted by Crippen LogP contribution is -2.33. The van der Waals surface area contributed by atoms with Crippen molar-refractivity contribution < 1.29 is 34.7 Å². The summed E-state index contributed by atoms with van der Waals surface area (Å²) in [6, 6.07) is 9.91. The number of benzene rings is 2. The van der Waals surface area contributed by atoms with Crippen LogP contribution in [0.15, 0.2) is 58.3 Å². The van der Waals surface area contributed by atoms with Crippen molar-refractivity contribution >= 4 is 25.7 Å². The molecule has 0 spiro atoms. The Morgan fingerprint density at radius 1 is 0.857 bits per heavy atom. The van der Waals surface area contributed by atoms with E-state index in [0.717, 1.165) is 24.3 Å². The summed E-state index contributed by atoms with van der Waals surface area (Å²) in [6.45, 7) is 0.508. The number of alkyl halides is 3. The highest BCUT2D eigenvalue weighted by molar-refractivity contribution is 7.92. The number of anilines is 1. The van der Waals surface area contributed by atoms with E-state index in [-0.39, 0.29) is 10.6 Å². The lowest BCUT2D eigenvalue weighted by molar-refractivity contribution is -0.121. The first-order valence-electron chi connectivity index (χ1n) is 7.85. The smallest absolute Gasteiger partial charge is 0.402 e. The molecule has 0 aliphatic heterocycles. The molecule has 0 saturated carbocycles. The maximum Gasteiger partial charge on any atom is 0.402 e. The fourth-order valence-corrected chi connectivity index (χ4v) is 4.13. The molecule has 0 amide bonds. The van der Waals surface area contributed by atoms with Gasteiger partial charge in [-0.3, -0.25) is 4.72 Å². The van der Waals surface area contributed by atoms with Crippen LogP contribution in [0, 0.1) is 0 Å². The van der Waals surface area contributed by atoms with Gasteiger partial charge in [0.15, 0.2) is 0 Å². The van der Waals surface area contributed by atoms with Crippen LogP contribution in [-0.2, 0) is 20.0 Å². The van der Waals surface area contributed by atoms with Crippen LogP contribution >= 0.6 is 0 Å². The van der Waals surface area contributed by atoms with Crippen LogP contribution in [0.3, 0.4) is 0 Å². The highest BCUT2D eigenvalue weighted by Crippen LogP contribution is 2.21. The standard InChI is InChI=1S/C16H17F3N2O5S2/c1-2-26-13-5-9-15(10-6-13)28(24,25)21-12-3-7-14(8-4-12)27(22,23)20-11-16(17,18)19/h3-10,20-21H,2,11H2,1H3. The highest BCUT2D eigenvalue weighted by Gasteiger charge is 2.30. The van der Waals surface area contributed by atoms with E-state index >= 15 is 0 Å². The van der Waals surface area contributed by atoms with Gasteiger partial charge < -0.3 is 4.74 Å². The predicted octanol–water partition coefficient (Wildman–Crippen LogP) is 2.73. The molecular weight excluding hydrogens is 421 g/mol. The number of ether oxygens (including phenoxy) is 1. The summed E-state index contributed by atoms with van der Waals surface area (Å²) in [5.74, 6) is 0.502. The van der Waals surface area contributed by atoms with Gasteiger partial charge in [0.2, 0.25) is 10.0 Å². The van der Waals surface area contributed by atoms with Crippen LogP contribution < -0.4 is 14.2 Å². The first kappa shape index (κ1) is 22.0. The van der Waals surface area contributed by atoms with Crippen LogP contribution in [0.5, 0.6) is 5.75 Å². The lowest BCUT2D eigenvalue weighted by Gasteiger charge is -2.11. The predicted molar refractivity (Wildman–Crippen MR) is 96.1 cm³/mol. The van der Waals surface area contributed by atoms with Gasteiger partial charge in [-0.2, -0.15) is 13.2 Å². The maximum atomic E-state index is 12.4. The van der Waals surface area contributed by atoms with Crippen LogP contribution in [0.2, 0.25) is 0 Å². The third kappa shape index (κ3) is 6.11. The van der Waals surface area contributed by atoms with Gasteiger partial charge in [0, 0.05) is 5.69 Å². The van der Waals surface area contributed by atoms with Crippen molar-refractivity contribution in [3.05, 3.63) is 48.5 Å². The molecule has 154 valence electrons. The summed E-state index contributed by atoms with van der Waals surface area (Å²) >= 11 is 0. The minimum Gasteiger partial charge on any atom is -0.494 e. The van der Waals surface area contributed by atoms with Crippen LogP contribution in [0.25, 0.3) is 0 Å². The van der Waals surface area contributed by atoms with Crippen LogP contribution in [0.1, 0.15) is 6.92 Å². The Morgan fingerprint density at radius 3 is 1.86 bits per heavy atom. The lowest BCUT2D eigenvalue weighted by atomic mass is 10.3. The second kappa shape index (κ2) is 8.37. The fraction of sp³-hybridized carbons (Fsp3) is 0.250. The minimum atomic E-state index is -4.69. The summed E-state index contributed by atoms with van der Waals surface area (Å²) in [5.41, 5.74) is 0.0451. The van der Waals surface area contributed by atoms with E-state index in [4.69, 9.17) is 4.74 Å². The maximum absolute atomic E-state index is 12.4. The molecule has 0 bridgehead atoms. The highest BCUT2D eigenvalue weighted by atomic mass is 32.2. The third-order valence-electron chi connectivity index (χ3n) is 3.32. The largest absolute Gasteiger partial charge is 0.494 e. The Balaban J connectivity index is 2.12. The normalized spacial score (nSPS) is 12.6. The Kier molecular flexibility index (Phi) is 6.57.